The maximum Gasteiger partial charge on any atom is 0.211 e. The molecule has 0 aliphatic carbocycles. The van der Waals surface area contributed by atoms with Crippen molar-refractivity contribution < 1.29 is 8.42 Å². The first-order valence-electron chi connectivity index (χ1n) is 11.3. The lowest BCUT2D eigenvalue weighted by molar-refractivity contribution is 0.248. The van der Waals surface area contributed by atoms with Crippen LogP contribution in [0.2, 0.25) is 0 Å². The van der Waals surface area contributed by atoms with Crippen LogP contribution in [-0.2, 0) is 29.4 Å². The number of sulfonamides is 1. The fraction of sp³-hybridized carbons (Fsp3) is 0.385. The topological polar surface area (TPSA) is 49.4 Å². The SMILES string of the molecule is O=S(=O)(CCc1cccc2ccccc12)NCCCCCN1CCc2ccccc2C1. The summed E-state index contributed by atoms with van der Waals surface area (Å²) < 4.78 is 27.6. The highest BCUT2D eigenvalue weighted by Crippen LogP contribution is 2.20. The van der Waals surface area contributed by atoms with Crippen LogP contribution in [0.3, 0.4) is 0 Å². The Morgan fingerprint density at radius 2 is 1.61 bits per heavy atom. The van der Waals surface area contributed by atoms with Crippen LogP contribution in [0, 0.1) is 0 Å². The van der Waals surface area contributed by atoms with E-state index in [-0.39, 0.29) is 5.75 Å². The molecule has 0 amide bonds. The molecule has 0 spiro atoms. The summed E-state index contributed by atoms with van der Waals surface area (Å²) in [4.78, 5) is 2.51. The Morgan fingerprint density at radius 3 is 2.52 bits per heavy atom. The Morgan fingerprint density at radius 1 is 0.839 bits per heavy atom. The maximum absolute atomic E-state index is 12.4. The van der Waals surface area contributed by atoms with Crippen molar-refractivity contribution in [3.8, 4) is 0 Å². The average Bonchev–Trinajstić information content (AvgIpc) is 2.80. The predicted octanol–water partition coefficient (Wildman–Crippen LogP) is 4.53. The Labute approximate surface area is 186 Å². The van der Waals surface area contributed by atoms with E-state index in [4.69, 9.17) is 0 Å². The minimum absolute atomic E-state index is 0.133. The first kappa shape index (κ1) is 22.0. The highest BCUT2D eigenvalue weighted by Gasteiger charge is 2.15. The van der Waals surface area contributed by atoms with Gasteiger partial charge in [0.2, 0.25) is 10.0 Å². The van der Waals surface area contributed by atoms with E-state index >= 15 is 0 Å². The normalized spacial score (nSPS) is 14.6. The number of benzene rings is 3. The molecule has 1 aliphatic heterocycles. The molecule has 1 heterocycles. The molecule has 0 bridgehead atoms. The van der Waals surface area contributed by atoms with E-state index < -0.39 is 10.0 Å². The molecule has 0 unspecified atom stereocenters. The molecule has 0 aromatic heterocycles. The summed E-state index contributed by atoms with van der Waals surface area (Å²) in [6.07, 6.45) is 4.71. The number of hydrogen-bond acceptors (Lipinski definition) is 3. The standard InChI is InChI=1S/C26H32N2O2S/c29-31(30,20-16-24-13-8-12-23-10-4-5-14-26(23)24)27-17-6-1-7-18-28-19-15-22-9-2-3-11-25(22)21-28/h2-5,8-14,27H,1,6-7,15-21H2. The van der Waals surface area contributed by atoms with Gasteiger partial charge in [-0.1, -0.05) is 73.2 Å². The van der Waals surface area contributed by atoms with Gasteiger partial charge < -0.3 is 0 Å². The van der Waals surface area contributed by atoms with Gasteiger partial charge in [-0.05, 0) is 59.7 Å². The number of aryl methyl sites for hydroxylation is 1. The summed E-state index contributed by atoms with van der Waals surface area (Å²) >= 11 is 0. The highest BCUT2D eigenvalue weighted by molar-refractivity contribution is 7.89. The molecule has 3 aromatic rings. The number of nitrogens with one attached hydrogen (secondary N) is 1. The Hall–Kier alpha value is -2.21. The zero-order valence-corrected chi connectivity index (χ0v) is 18.9. The predicted molar refractivity (Wildman–Crippen MR) is 129 cm³/mol. The molecule has 1 N–H and O–H groups in total. The third kappa shape index (κ3) is 6.16. The second-order valence-electron chi connectivity index (χ2n) is 8.46. The van der Waals surface area contributed by atoms with Crippen LogP contribution < -0.4 is 4.72 Å². The third-order valence-corrected chi connectivity index (χ3v) is 7.59. The van der Waals surface area contributed by atoms with Crippen molar-refractivity contribution >= 4 is 20.8 Å². The van der Waals surface area contributed by atoms with Gasteiger partial charge in [-0.2, -0.15) is 0 Å². The summed E-state index contributed by atoms with van der Waals surface area (Å²) in [5.41, 5.74) is 4.02. The van der Waals surface area contributed by atoms with E-state index in [0.717, 1.165) is 61.7 Å². The van der Waals surface area contributed by atoms with E-state index in [0.29, 0.717) is 13.0 Å². The van der Waals surface area contributed by atoms with Crippen molar-refractivity contribution in [2.24, 2.45) is 0 Å². The number of unbranched alkanes of at least 4 members (excludes halogenated alkanes) is 2. The quantitative estimate of drug-likeness (QED) is 0.475. The zero-order chi connectivity index (χ0) is 21.5. The van der Waals surface area contributed by atoms with E-state index in [1.165, 1.54) is 11.1 Å². The molecule has 4 rings (SSSR count). The van der Waals surface area contributed by atoms with E-state index in [2.05, 4.69) is 52.1 Å². The average molecular weight is 437 g/mol. The summed E-state index contributed by atoms with van der Waals surface area (Å²) in [7, 11) is -3.25. The largest absolute Gasteiger partial charge is 0.299 e. The lowest BCUT2D eigenvalue weighted by atomic mass is 10.00. The van der Waals surface area contributed by atoms with Gasteiger partial charge in [0.15, 0.2) is 0 Å². The molecular weight excluding hydrogens is 404 g/mol. The lowest BCUT2D eigenvalue weighted by Crippen LogP contribution is -2.31. The second-order valence-corrected chi connectivity index (χ2v) is 10.4. The molecule has 164 valence electrons. The summed E-state index contributed by atoms with van der Waals surface area (Å²) in [6, 6.07) is 22.9. The first-order valence-corrected chi connectivity index (χ1v) is 13.0. The van der Waals surface area contributed by atoms with Crippen molar-refractivity contribution in [3.63, 3.8) is 0 Å². The van der Waals surface area contributed by atoms with Gasteiger partial charge >= 0.3 is 0 Å². The monoisotopic (exact) mass is 436 g/mol. The number of fused-ring (bicyclic) bond motifs is 2. The van der Waals surface area contributed by atoms with Crippen molar-refractivity contribution in [1.29, 1.82) is 0 Å². The minimum Gasteiger partial charge on any atom is -0.299 e. The number of hydrogen-bond donors (Lipinski definition) is 1. The summed E-state index contributed by atoms with van der Waals surface area (Å²) in [5.74, 6) is 0.133. The van der Waals surface area contributed by atoms with Crippen LogP contribution in [0.25, 0.3) is 10.8 Å². The third-order valence-electron chi connectivity index (χ3n) is 6.20. The van der Waals surface area contributed by atoms with Gasteiger partial charge in [-0.15, -0.1) is 0 Å². The van der Waals surface area contributed by atoms with Crippen LogP contribution in [0.5, 0.6) is 0 Å². The molecule has 31 heavy (non-hydrogen) atoms. The van der Waals surface area contributed by atoms with Gasteiger partial charge in [0, 0.05) is 19.6 Å². The molecule has 0 saturated carbocycles. The van der Waals surface area contributed by atoms with Crippen LogP contribution in [0.1, 0.15) is 36.0 Å². The zero-order valence-electron chi connectivity index (χ0n) is 18.1. The first-order chi connectivity index (χ1) is 15.1. The molecule has 3 aromatic carbocycles. The fourth-order valence-corrected chi connectivity index (χ4v) is 5.53. The Kier molecular flexibility index (Phi) is 7.38. The van der Waals surface area contributed by atoms with Gasteiger partial charge in [0.1, 0.15) is 0 Å². The summed E-state index contributed by atoms with van der Waals surface area (Å²) in [5, 5.41) is 2.29. The maximum atomic E-state index is 12.4. The van der Waals surface area contributed by atoms with Crippen molar-refractivity contribution in [2.45, 2.75) is 38.6 Å². The Bertz CT molecular complexity index is 1110. The van der Waals surface area contributed by atoms with Crippen LogP contribution in [0.4, 0.5) is 0 Å². The number of rotatable bonds is 10. The highest BCUT2D eigenvalue weighted by atomic mass is 32.2. The van der Waals surface area contributed by atoms with Gasteiger partial charge in [0.25, 0.3) is 0 Å². The van der Waals surface area contributed by atoms with Crippen molar-refractivity contribution in [3.05, 3.63) is 83.4 Å². The summed E-state index contributed by atoms with van der Waals surface area (Å²) in [6.45, 7) is 3.78. The van der Waals surface area contributed by atoms with Gasteiger partial charge in [-0.25, -0.2) is 13.1 Å². The molecule has 5 heteroatoms. The Balaban J connectivity index is 1.14. The van der Waals surface area contributed by atoms with Crippen molar-refractivity contribution in [1.82, 2.24) is 9.62 Å². The molecular formula is C26H32N2O2S. The van der Waals surface area contributed by atoms with Crippen LogP contribution in [0.15, 0.2) is 66.7 Å². The van der Waals surface area contributed by atoms with Crippen LogP contribution >= 0.6 is 0 Å². The number of nitrogens with zero attached hydrogens (tertiary/aromatic N) is 1. The minimum atomic E-state index is -3.25. The van der Waals surface area contributed by atoms with E-state index in [1.54, 1.807) is 0 Å². The lowest BCUT2D eigenvalue weighted by Gasteiger charge is -2.28. The molecule has 4 nitrogen and oxygen atoms in total. The molecule has 0 radical (unpaired) electrons. The van der Waals surface area contributed by atoms with Crippen molar-refractivity contribution in [2.75, 3.05) is 25.4 Å². The smallest absolute Gasteiger partial charge is 0.211 e. The van der Waals surface area contributed by atoms with E-state index in [1.807, 2.05) is 24.3 Å². The van der Waals surface area contributed by atoms with Crippen LogP contribution in [-0.4, -0.2) is 38.7 Å². The molecule has 0 atom stereocenters. The molecule has 0 saturated heterocycles. The second kappa shape index (κ2) is 10.4. The van der Waals surface area contributed by atoms with Gasteiger partial charge in [0.05, 0.1) is 5.75 Å². The van der Waals surface area contributed by atoms with E-state index in [9.17, 15) is 8.42 Å². The molecule has 1 aliphatic rings. The van der Waals surface area contributed by atoms with Gasteiger partial charge in [-0.3, -0.25) is 4.90 Å². The molecule has 0 fully saturated rings. The fourth-order valence-electron chi connectivity index (χ4n) is 4.44.